The fourth-order valence-electron chi connectivity index (χ4n) is 4.07. The average Bonchev–Trinajstić information content (AvgIpc) is 2.73. The van der Waals surface area contributed by atoms with Gasteiger partial charge in [-0.15, -0.1) is 0 Å². The van der Waals surface area contributed by atoms with E-state index in [0.717, 1.165) is 43.3 Å². The van der Waals surface area contributed by atoms with E-state index < -0.39 is 15.8 Å². The molecular formula is C22H24F2N4O2S. The minimum atomic E-state index is -4.53. The second-order valence-corrected chi connectivity index (χ2v) is 9.79. The lowest BCUT2D eigenvalue weighted by molar-refractivity contribution is 0.212. The van der Waals surface area contributed by atoms with Gasteiger partial charge in [-0.05, 0) is 73.5 Å². The molecule has 1 saturated heterocycles. The van der Waals surface area contributed by atoms with Crippen molar-refractivity contribution in [3.05, 3.63) is 54.1 Å². The van der Waals surface area contributed by atoms with Gasteiger partial charge in [0, 0.05) is 54.0 Å². The zero-order valence-corrected chi connectivity index (χ0v) is 18.2. The van der Waals surface area contributed by atoms with Gasteiger partial charge >= 0.3 is 5.76 Å². The predicted octanol–water partition coefficient (Wildman–Crippen LogP) is 4.34. The Balaban J connectivity index is 1.62. The first-order valence-corrected chi connectivity index (χ1v) is 11.6. The lowest BCUT2D eigenvalue weighted by atomic mass is 9.99. The Bertz CT molecular complexity index is 1190. The maximum Gasteiger partial charge on any atom is 0.350 e. The van der Waals surface area contributed by atoms with Crippen LogP contribution in [-0.4, -0.2) is 47.6 Å². The molecule has 0 amide bonds. The number of benzene rings is 1. The van der Waals surface area contributed by atoms with Crippen molar-refractivity contribution in [3.63, 3.8) is 0 Å². The summed E-state index contributed by atoms with van der Waals surface area (Å²) in [4.78, 5) is 8.68. The molecule has 0 aliphatic carbocycles. The van der Waals surface area contributed by atoms with Gasteiger partial charge in [-0.1, -0.05) is 0 Å². The Kier molecular flexibility index (Phi) is 5.90. The number of anilines is 1. The molecule has 31 heavy (non-hydrogen) atoms. The molecular weight excluding hydrogens is 422 g/mol. The SMILES string of the molecule is Cc1cc(-c2cc(NC3CCN(S(=O)(=O)C(F)F)CC3)c3cnccc3c2)cc(C)n1. The zero-order chi connectivity index (χ0) is 22.2. The molecule has 1 aliphatic heterocycles. The highest BCUT2D eigenvalue weighted by atomic mass is 32.2. The lowest BCUT2D eigenvalue weighted by Crippen LogP contribution is -2.44. The first-order chi connectivity index (χ1) is 14.7. The molecule has 3 heterocycles. The third-order valence-electron chi connectivity index (χ3n) is 5.57. The number of alkyl halides is 2. The molecule has 4 rings (SSSR count). The van der Waals surface area contributed by atoms with E-state index in [4.69, 9.17) is 0 Å². The molecule has 1 aliphatic rings. The molecule has 0 radical (unpaired) electrons. The van der Waals surface area contributed by atoms with Gasteiger partial charge in [-0.25, -0.2) is 8.42 Å². The number of halogens is 2. The standard InChI is InChI=1S/C22H24F2N4O2S/c1-14-9-17(10-15(2)26-14)18-11-16-3-6-25-13-20(16)21(12-18)27-19-4-7-28(8-5-19)31(29,30)22(23)24/h3,6,9-13,19,22,27H,4-5,7-8H2,1-2H3. The van der Waals surface area contributed by atoms with Crippen LogP contribution >= 0.6 is 0 Å². The monoisotopic (exact) mass is 446 g/mol. The van der Waals surface area contributed by atoms with Gasteiger partial charge in [0.25, 0.3) is 10.0 Å². The summed E-state index contributed by atoms with van der Waals surface area (Å²) in [5.74, 6) is -3.38. The third-order valence-corrected chi connectivity index (χ3v) is 7.10. The van der Waals surface area contributed by atoms with E-state index in [1.807, 2.05) is 32.0 Å². The lowest BCUT2D eigenvalue weighted by Gasteiger charge is -2.32. The van der Waals surface area contributed by atoms with Crippen molar-refractivity contribution in [2.24, 2.45) is 0 Å². The van der Waals surface area contributed by atoms with Crippen molar-refractivity contribution >= 4 is 26.5 Å². The highest BCUT2D eigenvalue weighted by molar-refractivity contribution is 7.89. The van der Waals surface area contributed by atoms with Crippen LogP contribution in [0.25, 0.3) is 21.9 Å². The van der Waals surface area contributed by atoms with E-state index in [-0.39, 0.29) is 19.1 Å². The second kappa shape index (κ2) is 8.47. The summed E-state index contributed by atoms with van der Waals surface area (Å²) in [7, 11) is -4.53. The zero-order valence-electron chi connectivity index (χ0n) is 17.3. The van der Waals surface area contributed by atoms with E-state index in [0.29, 0.717) is 12.8 Å². The summed E-state index contributed by atoms with van der Waals surface area (Å²) in [6.45, 7) is 4.07. The molecule has 0 atom stereocenters. The first kappa shape index (κ1) is 21.6. The molecule has 3 aromatic rings. The largest absolute Gasteiger partial charge is 0.382 e. The number of aromatic nitrogens is 2. The van der Waals surface area contributed by atoms with Crippen LogP contribution in [0.1, 0.15) is 24.2 Å². The molecule has 164 valence electrons. The van der Waals surface area contributed by atoms with Crippen LogP contribution in [0, 0.1) is 13.8 Å². The van der Waals surface area contributed by atoms with Gasteiger partial charge in [0.2, 0.25) is 0 Å². The summed E-state index contributed by atoms with van der Waals surface area (Å²) >= 11 is 0. The topological polar surface area (TPSA) is 75.2 Å². The maximum absolute atomic E-state index is 12.8. The van der Waals surface area contributed by atoms with Gasteiger partial charge < -0.3 is 5.32 Å². The Morgan fingerprint density at radius 2 is 1.71 bits per heavy atom. The van der Waals surface area contributed by atoms with E-state index >= 15 is 0 Å². The Labute approximate surface area is 180 Å². The Morgan fingerprint density at radius 3 is 2.35 bits per heavy atom. The van der Waals surface area contributed by atoms with E-state index in [1.54, 1.807) is 12.4 Å². The first-order valence-electron chi connectivity index (χ1n) is 10.1. The Hall–Kier alpha value is -2.65. The number of nitrogens with one attached hydrogen (secondary N) is 1. The number of pyridine rings is 2. The molecule has 9 heteroatoms. The molecule has 1 N–H and O–H groups in total. The van der Waals surface area contributed by atoms with Gasteiger partial charge in [0.1, 0.15) is 0 Å². The summed E-state index contributed by atoms with van der Waals surface area (Å²) < 4.78 is 50.0. The smallest absolute Gasteiger partial charge is 0.350 e. The molecule has 1 aromatic carbocycles. The number of nitrogens with zero attached hydrogens (tertiary/aromatic N) is 3. The van der Waals surface area contributed by atoms with E-state index in [2.05, 4.69) is 27.4 Å². The number of rotatable bonds is 5. The van der Waals surface area contributed by atoms with Crippen LogP contribution < -0.4 is 5.32 Å². The molecule has 1 fully saturated rings. The number of sulfonamides is 1. The molecule has 0 bridgehead atoms. The summed E-state index contributed by atoms with van der Waals surface area (Å²) in [5.41, 5.74) is 4.86. The van der Waals surface area contributed by atoms with E-state index in [9.17, 15) is 17.2 Å². The van der Waals surface area contributed by atoms with Crippen LogP contribution in [0.2, 0.25) is 0 Å². The number of hydrogen-bond acceptors (Lipinski definition) is 5. The van der Waals surface area contributed by atoms with Crippen molar-refractivity contribution in [1.29, 1.82) is 0 Å². The summed E-state index contributed by atoms with van der Waals surface area (Å²) in [6.07, 6.45) is 4.43. The number of fused-ring (bicyclic) bond motifs is 1. The number of aryl methyl sites for hydroxylation is 2. The highest BCUT2D eigenvalue weighted by Gasteiger charge is 2.34. The fraction of sp³-hybridized carbons (Fsp3) is 0.364. The van der Waals surface area contributed by atoms with Gasteiger partial charge in [0.05, 0.1) is 0 Å². The molecule has 0 spiro atoms. The fourth-order valence-corrected chi connectivity index (χ4v) is 5.02. The highest BCUT2D eigenvalue weighted by Crippen LogP contribution is 2.32. The van der Waals surface area contributed by atoms with Crippen molar-refractivity contribution in [3.8, 4) is 11.1 Å². The van der Waals surface area contributed by atoms with Crippen molar-refractivity contribution < 1.29 is 17.2 Å². The third kappa shape index (κ3) is 4.52. The second-order valence-electron chi connectivity index (χ2n) is 7.88. The van der Waals surface area contributed by atoms with Crippen molar-refractivity contribution in [1.82, 2.24) is 14.3 Å². The van der Waals surface area contributed by atoms with Crippen molar-refractivity contribution in [2.75, 3.05) is 18.4 Å². The van der Waals surface area contributed by atoms with Gasteiger partial charge in [0.15, 0.2) is 0 Å². The van der Waals surface area contributed by atoms with Crippen molar-refractivity contribution in [2.45, 2.75) is 38.5 Å². The molecule has 0 unspecified atom stereocenters. The number of piperidine rings is 1. The Morgan fingerprint density at radius 1 is 1.06 bits per heavy atom. The van der Waals surface area contributed by atoms with Crippen LogP contribution in [0.4, 0.5) is 14.5 Å². The van der Waals surface area contributed by atoms with Gasteiger partial charge in [-0.3, -0.25) is 9.97 Å². The molecule has 2 aromatic heterocycles. The normalized spacial score (nSPS) is 16.2. The molecule has 0 saturated carbocycles. The van der Waals surface area contributed by atoms with Crippen LogP contribution in [-0.2, 0) is 10.0 Å². The average molecular weight is 447 g/mol. The number of hydrogen-bond donors (Lipinski definition) is 1. The maximum atomic E-state index is 12.8. The minimum Gasteiger partial charge on any atom is -0.382 e. The van der Waals surface area contributed by atoms with Crippen LogP contribution in [0.5, 0.6) is 0 Å². The summed E-state index contributed by atoms with van der Waals surface area (Å²) in [6, 6.07) is 10.2. The van der Waals surface area contributed by atoms with Gasteiger partial charge in [-0.2, -0.15) is 13.1 Å². The van der Waals surface area contributed by atoms with Crippen LogP contribution in [0.3, 0.4) is 0 Å². The quantitative estimate of drug-likeness (QED) is 0.631. The minimum absolute atomic E-state index is 0.0244. The summed E-state index contributed by atoms with van der Waals surface area (Å²) in [5, 5.41) is 5.48. The van der Waals surface area contributed by atoms with Crippen LogP contribution in [0.15, 0.2) is 42.7 Å². The van der Waals surface area contributed by atoms with E-state index in [1.165, 1.54) is 0 Å². The predicted molar refractivity (Wildman–Crippen MR) is 118 cm³/mol. The molecule has 6 nitrogen and oxygen atoms in total.